The fourth-order valence-electron chi connectivity index (χ4n) is 2.92. The second-order valence-corrected chi connectivity index (χ2v) is 6.20. The van der Waals surface area contributed by atoms with Crippen LogP contribution in [0.4, 0.5) is 0 Å². The average molecular weight is 307 g/mol. The number of aliphatic hydroxyl groups is 1. The van der Waals surface area contributed by atoms with Crippen LogP contribution in [0.1, 0.15) is 31.7 Å². The summed E-state index contributed by atoms with van der Waals surface area (Å²) in [6, 6.07) is 7.57. The van der Waals surface area contributed by atoms with Gasteiger partial charge in [-0.3, -0.25) is 4.79 Å². The standard InChI is InChI=1S/C16H19ClN2O2/c1-2-12(20)9-19-16(21)14-8-7-13(14)15(18-19)10-3-5-11(17)6-4-10/h3-6,12-14,20H,2,7-9H2,1H3/t12?,13-,14-/m1/s1. The Morgan fingerprint density at radius 1 is 1.33 bits per heavy atom. The van der Waals surface area contributed by atoms with Crippen LogP contribution in [-0.2, 0) is 4.79 Å². The molecule has 1 aliphatic carbocycles. The maximum Gasteiger partial charge on any atom is 0.246 e. The molecule has 1 aromatic carbocycles. The number of β-amino-alcohol motifs (C(OH)–C–C–N with tert-alkyl or cyclic N) is 1. The van der Waals surface area contributed by atoms with Crippen LogP contribution in [0.5, 0.6) is 0 Å². The van der Waals surface area contributed by atoms with Crippen LogP contribution in [0.3, 0.4) is 0 Å². The van der Waals surface area contributed by atoms with Crippen molar-refractivity contribution in [2.75, 3.05) is 6.54 Å². The minimum Gasteiger partial charge on any atom is -0.391 e. The monoisotopic (exact) mass is 306 g/mol. The van der Waals surface area contributed by atoms with Crippen LogP contribution in [-0.4, -0.2) is 34.4 Å². The number of carbonyl (C=O) groups excluding carboxylic acids is 1. The van der Waals surface area contributed by atoms with Gasteiger partial charge in [0, 0.05) is 16.9 Å². The second kappa shape index (κ2) is 5.78. The van der Waals surface area contributed by atoms with Gasteiger partial charge in [0.25, 0.3) is 0 Å². The zero-order valence-electron chi connectivity index (χ0n) is 12.0. The minimum atomic E-state index is -0.527. The number of fused-ring (bicyclic) bond motifs is 1. The number of hydrogen-bond donors (Lipinski definition) is 1. The molecule has 0 bridgehead atoms. The van der Waals surface area contributed by atoms with Gasteiger partial charge in [-0.05, 0) is 37.0 Å². The summed E-state index contributed by atoms with van der Waals surface area (Å²) >= 11 is 5.93. The number of hydrogen-bond acceptors (Lipinski definition) is 3. The largest absolute Gasteiger partial charge is 0.391 e. The van der Waals surface area contributed by atoms with E-state index in [4.69, 9.17) is 11.6 Å². The van der Waals surface area contributed by atoms with Crippen molar-refractivity contribution in [1.82, 2.24) is 5.01 Å². The van der Waals surface area contributed by atoms with Crippen LogP contribution in [0.2, 0.25) is 5.02 Å². The van der Waals surface area contributed by atoms with Crippen LogP contribution in [0.15, 0.2) is 29.4 Å². The maximum absolute atomic E-state index is 12.4. The quantitative estimate of drug-likeness (QED) is 0.930. The van der Waals surface area contributed by atoms with E-state index in [9.17, 15) is 9.90 Å². The zero-order valence-corrected chi connectivity index (χ0v) is 12.8. The van der Waals surface area contributed by atoms with Crippen LogP contribution < -0.4 is 0 Å². The molecule has 1 amide bonds. The summed E-state index contributed by atoms with van der Waals surface area (Å²) in [5.74, 6) is 0.294. The molecule has 0 aromatic heterocycles. The first kappa shape index (κ1) is 14.5. The van der Waals surface area contributed by atoms with Gasteiger partial charge in [-0.15, -0.1) is 0 Å². The molecule has 0 saturated heterocycles. The summed E-state index contributed by atoms with van der Waals surface area (Å²) in [6.45, 7) is 2.17. The molecule has 1 N–H and O–H groups in total. The lowest BCUT2D eigenvalue weighted by Crippen LogP contribution is -2.51. The Morgan fingerprint density at radius 2 is 2.00 bits per heavy atom. The molecule has 0 spiro atoms. The number of aliphatic hydroxyl groups excluding tert-OH is 1. The van der Waals surface area contributed by atoms with Gasteiger partial charge in [0.1, 0.15) is 0 Å². The first-order valence-corrected chi connectivity index (χ1v) is 7.81. The van der Waals surface area contributed by atoms with Gasteiger partial charge < -0.3 is 5.11 Å². The van der Waals surface area contributed by atoms with Crippen molar-refractivity contribution in [3.8, 4) is 0 Å². The number of halogens is 1. The third kappa shape index (κ3) is 2.70. The van der Waals surface area contributed by atoms with Crippen molar-refractivity contribution >= 4 is 23.2 Å². The molecule has 5 heteroatoms. The fourth-order valence-corrected chi connectivity index (χ4v) is 3.05. The van der Waals surface area contributed by atoms with Gasteiger partial charge in [-0.2, -0.15) is 5.10 Å². The van der Waals surface area contributed by atoms with Crippen molar-refractivity contribution < 1.29 is 9.90 Å². The third-order valence-electron chi connectivity index (χ3n) is 4.42. The van der Waals surface area contributed by atoms with Crippen molar-refractivity contribution in [1.29, 1.82) is 0 Å². The Morgan fingerprint density at radius 3 is 2.57 bits per heavy atom. The first-order chi connectivity index (χ1) is 10.1. The Bertz CT molecular complexity index is 570. The van der Waals surface area contributed by atoms with Gasteiger partial charge in [-0.25, -0.2) is 5.01 Å². The van der Waals surface area contributed by atoms with E-state index in [1.54, 1.807) is 0 Å². The summed E-state index contributed by atoms with van der Waals surface area (Å²) in [5.41, 5.74) is 1.96. The number of rotatable bonds is 4. The molecule has 2 aliphatic rings. The molecule has 4 nitrogen and oxygen atoms in total. The normalized spacial score (nSPS) is 26.0. The van der Waals surface area contributed by atoms with E-state index in [1.165, 1.54) is 5.01 Å². The summed E-state index contributed by atoms with van der Waals surface area (Å²) in [4.78, 5) is 12.4. The highest BCUT2D eigenvalue weighted by Gasteiger charge is 2.45. The highest BCUT2D eigenvalue weighted by molar-refractivity contribution is 6.30. The highest BCUT2D eigenvalue weighted by Crippen LogP contribution is 2.41. The summed E-state index contributed by atoms with van der Waals surface area (Å²) < 4.78 is 0. The molecule has 1 fully saturated rings. The number of carbonyl (C=O) groups is 1. The number of hydrazone groups is 1. The first-order valence-electron chi connectivity index (χ1n) is 7.44. The maximum atomic E-state index is 12.4. The fraction of sp³-hybridized carbons (Fsp3) is 0.500. The Labute approximate surface area is 129 Å². The molecule has 112 valence electrons. The molecular weight excluding hydrogens is 288 g/mol. The van der Waals surface area contributed by atoms with Crippen LogP contribution in [0.25, 0.3) is 0 Å². The topological polar surface area (TPSA) is 52.9 Å². The van der Waals surface area contributed by atoms with E-state index >= 15 is 0 Å². The van der Waals surface area contributed by atoms with Gasteiger partial charge in [0.05, 0.1) is 18.4 Å². The molecule has 21 heavy (non-hydrogen) atoms. The van der Waals surface area contributed by atoms with Gasteiger partial charge in [0.2, 0.25) is 5.91 Å². The summed E-state index contributed by atoms with van der Waals surface area (Å²) in [6.07, 6.45) is 2.00. The molecule has 1 heterocycles. The van der Waals surface area contributed by atoms with Gasteiger partial charge >= 0.3 is 0 Å². The number of amides is 1. The Balaban J connectivity index is 1.91. The van der Waals surface area contributed by atoms with Gasteiger partial charge in [0.15, 0.2) is 0 Å². The lowest BCUT2D eigenvalue weighted by atomic mass is 9.68. The Kier molecular flexibility index (Phi) is 4.00. The van der Waals surface area contributed by atoms with Crippen molar-refractivity contribution in [2.24, 2.45) is 16.9 Å². The van der Waals surface area contributed by atoms with E-state index < -0.39 is 6.10 Å². The molecule has 1 unspecified atom stereocenters. The zero-order chi connectivity index (χ0) is 15.0. The van der Waals surface area contributed by atoms with Crippen LogP contribution >= 0.6 is 11.6 Å². The predicted octanol–water partition coefficient (Wildman–Crippen LogP) is 2.68. The van der Waals surface area contributed by atoms with E-state index in [1.807, 2.05) is 31.2 Å². The van der Waals surface area contributed by atoms with E-state index in [-0.39, 0.29) is 24.3 Å². The third-order valence-corrected chi connectivity index (χ3v) is 4.67. The van der Waals surface area contributed by atoms with Crippen molar-refractivity contribution in [2.45, 2.75) is 32.3 Å². The molecule has 1 saturated carbocycles. The number of benzene rings is 1. The van der Waals surface area contributed by atoms with E-state index in [0.717, 1.165) is 24.1 Å². The molecule has 3 rings (SSSR count). The molecule has 0 radical (unpaired) electrons. The minimum absolute atomic E-state index is 0.0252. The lowest BCUT2D eigenvalue weighted by molar-refractivity contribution is -0.142. The second-order valence-electron chi connectivity index (χ2n) is 5.76. The smallest absolute Gasteiger partial charge is 0.246 e. The highest BCUT2D eigenvalue weighted by atomic mass is 35.5. The molecule has 1 aliphatic heterocycles. The molecular formula is C16H19ClN2O2. The number of nitrogens with zero attached hydrogens (tertiary/aromatic N) is 2. The Hall–Kier alpha value is -1.39. The van der Waals surface area contributed by atoms with Gasteiger partial charge in [-0.1, -0.05) is 30.7 Å². The summed E-state index contributed by atoms with van der Waals surface area (Å²) in [5, 5.41) is 16.5. The molecule has 1 aromatic rings. The van der Waals surface area contributed by atoms with Crippen molar-refractivity contribution in [3.63, 3.8) is 0 Å². The van der Waals surface area contributed by atoms with E-state index in [0.29, 0.717) is 11.4 Å². The SMILES string of the molecule is CCC(O)CN1N=C(c2ccc(Cl)cc2)[C@@H]2CC[C@H]2C1=O. The van der Waals surface area contributed by atoms with Crippen LogP contribution in [0, 0.1) is 11.8 Å². The summed E-state index contributed by atoms with van der Waals surface area (Å²) in [7, 11) is 0. The molecule has 3 atom stereocenters. The predicted molar refractivity (Wildman–Crippen MR) is 82.2 cm³/mol. The van der Waals surface area contributed by atoms with Crippen molar-refractivity contribution in [3.05, 3.63) is 34.9 Å². The average Bonchev–Trinajstić information content (AvgIpc) is 2.43. The van der Waals surface area contributed by atoms with E-state index in [2.05, 4.69) is 5.10 Å². The lowest BCUT2D eigenvalue weighted by Gasteiger charge is -2.43.